The smallest absolute Gasteiger partial charge is 0.327 e. The van der Waals surface area contributed by atoms with Crippen molar-refractivity contribution in [3.8, 4) is 0 Å². The topological polar surface area (TPSA) is 57.6 Å². The van der Waals surface area contributed by atoms with Crippen molar-refractivity contribution in [1.29, 1.82) is 0 Å². The normalized spacial score (nSPS) is 26.0. The van der Waals surface area contributed by atoms with E-state index in [0.717, 1.165) is 12.8 Å². The molecule has 2 rings (SSSR count). The molecular weight excluding hydrogens is 250 g/mol. The fraction of sp³-hybridized carbons (Fsp3) is 0.846. The maximum absolute atomic E-state index is 12.2. The summed E-state index contributed by atoms with van der Waals surface area (Å²) in [7, 11) is 0. The number of amides is 1. The minimum atomic E-state index is -0.866. The van der Waals surface area contributed by atoms with Crippen molar-refractivity contribution < 1.29 is 14.7 Å². The Morgan fingerprint density at radius 3 is 2.44 bits per heavy atom. The van der Waals surface area contributed by atoms with E-state index in [9.17, 15) is 9.59 Å². The lowest BCUT2D eigenvalue weighted by atomic mass is 9.96. The molecule has 1 N–H and O–H groups in total. The quantitative estimate of drug-likeness (QED) is 0.800. The molecule has 0 aromatic rings. The highest BCUT2D eigenvalue weighted by molar-refractivity contribution is 7.99. The Kier molecular flexibility index (Phi) is 4.92. The number of carbonyl (C=O) groups excluding carboxylic acids is 1. The van der Waals surface area contributed by atoms with E-state index in [1.807, 2.05) is 0 Å². The van der Waals surface area contributed by atoms with Crippen LogP contribution in [0.15, 0.2) is 0 Å². The van der Waals surface area contributed by atoms with E-state index in [1.165, 1.54) is 37.4 Å². The molecule has 1 amide bonds. The molecular formula is C13H21NO3S. The second kappa shape index (κ2) is 6.45. The van der Waals surface area contributed by atoms with Gasteiger partial charge in [0.05, 0.1) is 5.88 Å². The fourth-order valence-corrected chi connectivity index (χ4v) is 4.00. The Morgan fingerprint density at radius 2 is 1.83 bits per heavy atom. The average molecular weight is 271 g/mol. The summed E-state index contributed by atoms with van der Waals surface area (Å²) >= 11 is 1.54. The lowest BCUT2D eigenvalue weighted by Gasteiger charge is -2.23. The zero-order valence-electron chi connectivity index (χ0n) is 10.6. The third kappa shape index (κ3) is 3.40. The van der Waals surface area contributed by atoms with E-state index >= 15 is 0 Å². The number of thioether (sulfide) groups is 1. The summed E-state index contributed by atoms with van der Waals surface area (Å²) < 4.78 is 0. The molecule has 0 aromatic carbocycles. The first-order valence-electron chi connectivity index (χ1n) is 6.78. The fourth-order valence-electron chi connectivity index (χ4n) is 2.83. The minimum absolute atomic E-state index is 0.0410. The van der Waals surface area contributed by atoms with Crippen molar-refractivity contribution in [1.82, 2.24) is 4.90 Å². The second-order valence-corrected chi connectivity index (χ2v) is 6.28. The maximum atomic E-state index is 12.2. The summed E-state index contributed by atoms with van der Waals surface area (Å²) in [5, 5.41) is 9.08. The Bertz CT molecular complexity index is 313. The number of hydrogen-bond acceptors (Lipinski definition) is 3. The molecule has 18 heavy (non-hydrogen) atoms. The highest BCUT2D eigenvalue weighted by Crippen LogP contribution is 2.28. The van der Waals surface area contributed by atoms with E-state index in [2.05, 4.69) is 0 Å². The van der Waals surface area contributed by atoms with Gasteiger partial charge in [-0.1, -0.05) is 25.7 Å². The predicted octanol–water partition coefficient (Wildman–Crippen LogP) is 2.33. The van der Waals surface area contributed by atoms with Gasteiger partial charge >= 0.3 is 5.97 Å². The molecule has 1 heterocycles. The number of rotatable bonds is 3. The molecule has 0 aromatic heterocycles. The van der Waals surface area contributed by atoms with Crippen molar-refractivity contribution in [2.45, 2.75) is 51.0 Å². The van der Waals surface area contributed by atoms with Gasteiger partial charge < -0.3 is 10.0 Å². The monoisotopic (exact) mass is 271 g/mol. The first-order chi connectivity index (χ1) is 8.68. The van der Waals surface area contributed by atoms with Crippen LogP contribution in [0.2, 0.25) is 0 Å². The van der Waals surface area contributed by atoms with Crippen molar-refractivity contribution in [3.05, 3.63) is 0 Å². The molecule has 4 nitrogen and oxygen atoms in total. The molecule has 0 spiro atoms. The van der Waals surface area contributed by atoms with Crippen LogP contribution in [0.5, 0.6) is 0 Å². The molecule has 2 aliphatic rings. The van der Waals surface area contributed by atoms with Gasteiger partial charge in [0.1, 0.15) is 6.04 Å². The van der Waals surface area contributed by atoms with Crippen LogP contribution in [0, 0.1) is 5.92 Å². The molecule has 102 valence electrons. The van der Waals surface area contributed by atoms with E-state index in [4.69, 9.17) is 5.11 Å². The maximum Gasteiger partial charge on any atom is 0.327 e. The molecule has 1 aliphatic carbocycles. The van der Waals surface area contributed by atoms with Crippen LogP contribution < -0.4 is 0 Å². The second-order valence-electron chi connectivity index (χ2n) is 5.28. The molecule has 2 fully saturated rings. The van der Waals surface area contributed by atoms with Gasteiger partial charge in [-0.15, -0.1) is 11.8 Å². The van der Waals surface area contributed by atoms with Crippen molar-refractivity contribution >= 4 is 23.6 Å². The number of hydrogen-bond donors (Lipinski definition) is 1. The molecule has 5 heteroatoms. The van der Waals surface area contributed by atoms with Crippen LogP contribution in [-0.2, 0) is 9.59 Å². The van der Waals surface area contributed by atoms with Gasteiger partial charge in [0.2, 0.25) is 5.91 Å². The SMILES string of the molecule is O=C(O)C1CSCN1C(=O)CC1CCCCCC1. The Labute approximate surface area is 112 Å². The molecule has 1 aliphatic heterocycles. The number of nitrogens with zero attached hydrogens (tertiary/aromatic N) is 1. The van der Waals surface area contributed by atoms with Crippen LogP contribution in [-0.4, -0.2) is 39.6 Å². The zero-order valence-corrected chi connectivity index (χ0v) is 11.5. The summed E-state index contributed by atoms with van der Waals surface area (Å²) in [5.41, 5.74) is 0. The molecule has 1 saturated carbocycles. The van der Waals surface area contributed by atoms with Crippen LogP contribution in [0.25, 0.3) is 0 Å². The third-order valence-corrected chi connectivity index (χ3v) is 4.94. The third-order valence-electron chi connectivity index (χ3n) is 3.93. The standard InChI is InChI=1S/C13H21NO3S/c15-12(7-10-5-3-1-2-4-6-10)14-9-18-8-11(14)13(16)17/h10-11H,1-9H2,(H,16,17). The molecule has 1 atom stereocenters. The Balaban J connectivity index is 1.88. The molecule has 1 saturated heterocycles. The van der Waals surface area contributed by atoms with Gasteiger partial charge in [0.25, 0.3) is 0 Å². The van der Waals surface area contributed by atoms with E-state index in [-0.39, 0.29) is 5.91 Å². The number of carboxylic acid groups (broad SMARTS) is 1. The van der Waals surface area contributed by atoms with Crippen LogP contribution in [0.3, 0.4) is 0 Å². The summed E-state index contributed by atoms with van der Waals surface area (Å²) in [6.45, 7) is 0. The Morgan fingerprint density at radius 1 is 1.17 bits per heavy atom. The summed E-state index contributed by atoms with van der Waals surface area (Å²) in [5.74, 6) is 0.724. The van der Waals surface area contributed by atoms with Gasteiger partial charge in [0.15, 0.2) is 0 Å². The van der Waals surface area contributed by atoms with Gasteiger partial charge in [-0.3, -0.25) is 4.79 Å². The minimum Gasteiger partial charge on any atom is -0.480 e. The van der Waals surface area contributed by atoms with Gasteiger partial charge in [-0.2, -0.15) is 0 Å². The molecule has 0 radical (unpaired) electrons. The first-order valence-corrected chi connectivity index (χ1v) is 7.94. The van der Waals surface area contributed by atoms with Crippen molar-refractivity contribution in [2.75, 3.05) is 11.6 Å². The zero-order chi connectivity index (χ0) is 13.0. The lowest BCUT2D eigenvalue weighted by molar-refractivity contribution is -0.148. The average Bonchev–Trinajstić information content (AvgIpc) is 2.70. The number of carboxylic acids is 1. The van der Waals surface area contributed by atoms with Gasteiger partial charge in [-0.25, -0.2) is 4.79 Å². The van der Waals surface area contributed by atoms with Crippen LogP contribution in [0.4, 0.5) is 0 Å². The van der Waals surface area contributed by atoms with E-state index in [0.29, 0.717) is 24.0 Å². The van der Waals surface area contributed by atoms with Crippen LogP contribution >= 0.6 is 11.8 Å². The van der Waals surface area contributed by atoms with Gasteiger partial charge in [0, 0.05) is 12.2 Å². The summed E-state index contributed by atoms with van der Waals surface area (Å²) in [6.07, 6.45) is 7.80. The van der Waals surface area contributed by atoms with E-state index < -0.39 is 12.0 Å². The lowest BCUT2D eigenvalue weighted by Crippen LogP contribution is -2.42. The molecule has 0 bridgehead atoms. The predicted molar refractivity (Wildman–Crippen MR) is 71.4 cm³/mol. The largest absolute Gasteiger partial charge is 0.480 e. The highest BCUT2D eigenvalue weighted by atomic mass is 32.2. The number of carbonyl (C=O) groups is 2. The van der Waals surface area contributed by atoms with Crippen LogP contribution in [0.1, 0.15) is 44.9 Å². The van der Waals surface area contributed by atoms with E-state index in [1.54, 1.807) is 4.90 Å². The first kappa shape index (κ1) is 13.7. The van der Waals surface area contributed by atoms with Crippen molar-refractivity contribution in [2.24, 2.45) is 5.92 Å². The summed E-state index contributed by atoms with van der Waals surface area (Å²) in [4.78, 5) is 24.8. The van der Waals surface area contributed by atoms with Crippen molar-refractivity contribution in [3.63, 3.8) is 0 Å². The number of aliphatic carboxylic acids is 1. The molecule has 1 unspecified atom stereocenters. The Hall–Kier alpha value is -0.710. The highest BCUT2D eigenvalue weighted by Gasteiger charge is 2.35. The van der Waals surface area contributed by atoms with Gasteiger partial charge in [-0.05, 0) is 18.8 Å². The summed E-state index contributed by atoms with van der Waals surface area (Å²) in [6, 6.07) is -0.603.